The molecule has 0 radical (unpaired) electrons. The quantitative estimate of drug-likeness (QED) is 0.812. The van der Waals surface area contributed by atoms with E-state index in [0.29, 0.717) is 16.8 Å². The summed E-state index contributed by atoms with van der Waals surface area (Å²) in [7, 11) is 0. The standard InChI is InChI=1S/C19H15FN4O2/c20-24-16-4-2-1-3-14(16)19(18(24)26)9-15(22-11-19)17(25)23-13-7-5-12(10-21)6-8-13/h1-8,15,22H,9,11H2,(H,23,25). The maximum absolute atomic E-state index is 14.3. The van der Waals surface area contributed by atoms with Crippen molar-refractivity contribution < 1.29 is 14.1 Å². The zero-order valence-corrected chi connectivity index (χ0v) is 13.7. The molecule has 2 aliphatic heterocycles. The molecule has 0 saturated carbocycles. The Bertz CT molecular complexity index is 937. The Kier molecular flexibility index (Phi) is 3.71. The molecule has 2 aromatic carbocycles. The highest BCUT2D eigenvalue weighted by molar-refractivity contribution is 6.08. The van der Waals surface area contributed by atoms with Gasteiger partial charge in [0, 0.05) is 12.2 Å². The first-order valence-corrected chi connectivity index (χ1v) is 8.19. The van der Waals surface area contributed by atoms with Gasteiger partial charge in [0.15, 0.2) is 0 Å². The zero-order valence-electron chi connectivity index (χ0n) is 13.7. The average molecular weight is 350 g/mol. The molecule has 2 heterocycles. The van der Waals surface area contributed by atoms with Crippen molar-refractivity contribution in [1.82, 2.24) is 5.32 Å². The lowest BCUT2D eigenvalue weighted by Crippen LogP contribution is -2.38. The number of amides is 2. The summed E-state index contributed by atoms with van der Waals surface area (Å²) in [6.45, 7) is 0.203. The molecule has 0 aromatic heterocycles. The first-order valence-electron chi connectivity index (χ1n) is 8.19. The summed E-state index contributed by atoms with van der Waals surface area (Å²) in [6.07, 6.45) is 0.186. The Morgan fingerprint density at radius 1 is 1.27 bits per heavy atom. The normalized spacial score (nSPS) is 23.8. The van der Waals surface area contributed by atoms with E-state index in [2.05, 4.69) is 10.6 Å². The molecule has 7 heteroatoms. The highest BCUT2D eigenvalue weighted by Gasteiger charge is 2.56. The Balaban J connectivity index is 1.54. The van der Waals surface area contributed by atoms with Crippen LogP contribution in [0.3, 0.4) is 0 Å². The number of fused-ring (bicyclic) bond motifs is 2. The topological polar surface area (TPSA) is 85.2 Å². The predicted octanol–water partition coefficient (Wildman–Crippen LogP) is 2.03. The number of anilines is 2. The van der Waals surface area contributed by atoms with Gasteiger partial charge in [0.2, 0.25) is 5.91 Å². The van der Waals surface area contributed by atoms with E-state index in [4.69, 9.17) is 5.26 Å². The molecule has 2 N–H and O–H groups in total. The Hall–Kier alpha value is -3.24. The van der Waals surface area contributed by atoms with E-state index >= 15 is 0 Å². The fourth-order valence-electron chi connectivity index (χ4n) is 3.66. The summed E-state index contributed by atoms with van der Waals surface area (Å²) in [5, 5.41) is 14.8. The first-order chi connectivity index (χ1) is 12.5. The molecule has 2 aliphatic rings. The van der Waals surface area contributed by atoms with Crippen molar-refractivity contribution >= 4 is 23.2 Å². The lowest BCUT2D eigenvalue weighted by molar-refractivity contribution is -0.125. The van der Waals surface area contributed by atoms with Crippen molar-refractivity contribution in [3.63, 3.8) is 0 Å². The van der Waals surface area contributed by atoms with Crippen LogP contribution in [0.2, 0.25) is 0 Å². The maximum atomic E-state index is 14.3. The molecular formula is C19H15FN4O2. The van der Waals surface area contributed by atoms with Crippen LogP contribution in [-0.4, -0.2) is 24.4 Å². The van der Waals surface area contributed by atoms with Gasteiger partial charge in [-0.3, -0.25) is 9.59 Å². The number of benzene rings is 2. The fraction of sp³-hybridized carbons (Fsp3) is 0.211. The minimum atomic E-state index is -1.06. The molecule has 4 rings (SSSR count). The summed E-state index contributed by atoms with van der Waals surface area (Å²) >= 11 is 0. The van der Waals surface area contributed by atoms with Crippen LogP contribution in [0.5, 0.6) is 0 Å². The second kappa shape index (κ2) is 5.93. The smallest absolute Gasteiger partial charge is 0.267 e. The van der Waals surface area contributed by atoms with Gasteiger partial charge in [-0.15, -0.1) is 5.12 Å². The van der Waals surface area contributed by atoms with Gasteiger partial charge in [-0.25, -0.2) is 0 Å². The van der Waals surface area contributed by atoms with Crippen molar-refractivity contribution in [1.29, 1.82) is 5.26 Å². The second-order valence-electron chi connectivity index (χ2n) is 6.50. The Labute approximate surface area is 149 Å². The third-order valence-corrected chi connectivity index (χ3v) is 5.02. The van der Waals surface area contributed by atoms with Crippen molar-refractivity contribution in [2.45, 2.75) is 17.9 Å². The maximum Gasteiger partial charge on any atom is 0.267 e. The monoisotopic (exact) mass is 350 g/mol. The predicted molar refractivity (Wildman–Crippen MR) is 92.9 cm³/mol. The molecule has 1 fully saturated rings. The van der Waals surface area contributed by atoms with Gasteiger partial charge < -0.3 is 10.6 Å². The minimum Gasteiger partial charge on any atom is -0.325 e. The van der Waals surface area contributed by atoms with Crippen LogP contribution in [0.4, 0.5) is 15.9 Å². The van der Waals surface area contributed by atoms with E-state index in [1.54, 1.807) is 48.5 Å². The largest absolute Gasteiger partial charge is 0.325 e. The highest BCUT2D eigenvalue weighted by atomic mass is 19.2. The molecule has 6 nitrogen and oxygen atoms in total. The Morgan fingerprint density at radius 3 is 2.73 bits per heavy atom. The van der Waals surface area contributed by atoms with E-state index in [9.17, 15) is 14.1 Å². The number of carbonyl (C=O) groups excluding carboxylic acids is 2. The molecule has 2 aromatic rings. The number of hydrogen-bond acceptors (Lipinski definition) is 4. The van der Waals surface area contributed by atoms with E-state index in [1.807, 2.05) is 6.07 Å². The van der Waals surface area contributed by atoms with Gasteiger partial charge in [0.1, 0.15) is 0 Å². The van der Waals surface area contributed by atoms with E-state index in [-0.39, 0.29) is 29.7 Å². The molecule has 2 amide bonds. The number of hydrogen-bond donors (Lipinski definition) is 2. The molecule has 26 heavy (non-hydrogen) atoms. The fourth-order valence-corrected chi connectivity index (χ4v) is 3.66. The molecule has 2 atom stereocenters. The molecule has 2 unspecified atom stereocenters. The van der Waals surface area contributed by atoms with Crippen LogP contribution in [-0.2, 0) is 15.0 Å². The number of carbonyl (C=O) groups is 2. The molecular weight excluding hydrogens is 335 g/mol. The highest BCUT2D eigenvalue weighted by Crippen LogP contribution is 2.46. The van der Waals surface area contributed by atoms with Gasteiger partial charge >= 0.3 is 0 Å². The molecule has 1 saturated heterocycles. The molecule has 130 valence electrons. The number of nitrogens with one attached hydrogen (secondary N) is 2. The third-order valence-electron chi connectivity index (χ3n) is 5.02. The van der Waals surface area contributed by atoms with Crippen LogP contribution in [0.1, 0.15) is 17.5 Å². The average Bonchev–Trinajstić information content (AvgIpc) is 3.21. The summed E-state index contributed by atoms with van der Waals surface area (Å²) < 4.78 is 14.3. The number of halogens is 1. The first kappa shape index (κ1) is 16.2. The van der Waals surface area contributed by atoms with Crippen molar-refractivity contribution in [2.24, 2.45) is 0 Å². The number of rotatable bonds is 2. The summed E-state index contributed by atoms with van der Waals surface area (Å²) in [4.78, 5) is 25.1. The van der Waals surface area contributed by atoms with Crippen molar-refractivity contribution in [3.8, 4) is 6.07 Å². The van der Waals surface area contributed by atoms with Gasteiger partial charge in [0.25, 0.3) is 5.91 Å². The van der Waals surface area contributed by atoms with Crippen LogP contribution in [0.15, 0.2) is 48.5 Å². The number of nitrogens with zero attached hydrogens (tertiary/aromatic N) is 2. The minimum absolute atomic E-state index is 0.178. The lowest BCUT2D eigenvalue weighted by Gasteiger charge is -2.20. The second-order valence-corrected chi connectivity index (χ2v) is 6.50. The van der Waals surface area contributed by atoms with E-state index < -0.39 is 17.4 Å². The van der Waals surface area contributed by atoms with E-state index in [1.165, 1.54) is 0 Å². The lowest BCUT2D eigenvalue weighted by atomic mass is 9.79. The molecule has 1 spiro atoms. The van der Waals surface area contributed by atoms with Gasteiger partial charge in [-0.2, -0.15) is 5.26 Å². The van der Waals surface area contributed by atoms with Crippen molar-refractivity contribution in [2.75, 3.05) is 17.0 Å². The van der Waals surface area contributed by atoms with Gasteiger partial charge in [0.05, 0.1) is 28.8 Å². The molecule has 0 bridgehead atoms. The zero-order chi connectivity index (χ0) is 18.3. The van der Waals surface area contributed by atoms with Crippen LogP contribution in [0.25, 0.3) is 0 Å². The van der Waals surface area contributed by atoms with Crippen LogP contribution >= 0.6 is 0 Å². The van der Waals surface area contributed by atoms with Crippen LogP contribution < -0.4 is 15.8 Å². The molecule has 0 aliphatic carbocycles. The summed E-state index contributed by atoms with van der Waals surface area (Å²) in [5.41, 5.74) is 0.846. The van der Waals surface area contributed by atoms with Gasteiger partial charge in [-0.05, 0) is 42.3 Å². The number of para-hydroxylation sites is 1. The van der Waals surface area contributed by atoms with Crippen molar-refractivity contribution in [3.05, 3.63) is 59.7 Å². The Morgan fingerprint density at radius 2 is 2.00 bits per heavy atom. The summed E-state index contributed by atoms with van der Waals surface area (Å²) in [5.74, 6) is -0.936. The summed E-state index contributed by atoms with van der Waals surface area (Å²) in [6, 6.07) is 14.6. The third kappa shape index (κ3) is 2.35. The number of nitriles is 1. The SMILES string of the molecule is N#Cc1ccc(NC(=O)C2CC3(CN2)C(=O)N(F)c2ccccc23)cc1. The van der Waals surface area contributed by atoms with E-state index in [0.717, 1.165) is 0 Å². The van der Waals surface area contributed by atoms with Crippen LogP contribution in [0, 0.1) is 11.3 Å². The van der Waals surface area contributed by atoms with Gasteiger partial charge in [-0.1, -0.05) is 22.7 Å².